The molecule has 0 fully saturated rings. The molecule has 0 aromatic carbocycles. The van der Waals surface area contributed by atoms with Crippen molar-refractivity contribution >= 4 is 0 Å². The van der Waals surface area contributed by atoms with Crippen molar-refractivity contribution in [3.63, 3.8) is 0 Å². The average Bonchev–Trinajstić information content (AvgIpc) is 2.59. The number of hydrogen-bond acceptors (Lipinski definition) is 9. The molecule has 5 unspecified atom stereocenters. The van der Waals surface area contributed by atoms with E-state index >= 15 is 0 Å². The maximum atomic E-state index is 9.48. The Morgan fingerprint density at radius 2 is 1.52 bits per heavy atom. The fourth-order valence-corrected chi connectivity index (χ4v) is 1.73. The number of methoxy groups -OCH3 is 1. The summed E-state index contributed by atoms with van der Waals surface area (Å²) in [7, 11) is 1.31. The molecule has 9 nitrogen and oxygen atoms in total. The summed E-state index contributed by atoms with van der Waals surface area (Å²) in [6.07, 6.45) is -3.45. The van der Waals surface area contributed by atoms with Gasteiger partial charge in [0.1, 0.15) is 6.10 Å². The van der Waals surface area contributed by atoms with Crippen LogP contribution in [0.5, 0.6) is 0 Å². The van der Waals surface area contributed by atoms with Gasteiger partial charge in [-0.3, -0.25) is 0 Å². The van der Waals surface area contributed by atoms with Crippen LogP contribution in [-0.4, -0.2) is 96.6 Å². The van der Waals surface area contributed by atoms with Gasteiger partial charge in [-0.15, -0.1) is 0 Å². The van der Waals surface area contributed by atoms with E-state index in [4.69, 9.17) is 29.2 Å². The number of aliphatic hydroxyl groups is 5. The van der Waals surface area contributed by atoms with Crippen molar-refractivity contribution in [2.45, 2.75) is 50.7 Å². The Morgan fingerprint density at radius 3 is 1.96 bits per heavy atom. The van der Waals surface area contributed by atoms with Gasteiger partial charge in [0.05, 0.1) is 45.2 Å². The van der Waals surface area contributed by atoms with E-state index in [1.54, 1.807) is 0 Å². The molecule has 0 aromatic heterocycles. The third kappa shape index (κ3) is 9.50. The van der Waals surface area contributed by atoms with E-state index in [2.05, 4.69) is 0 Å². The Kier molecular flexibility index (Phi) is 13.8. The first-order valence-corrected chi connectivity index (χ1v) is 7.62. The predicted molar refractivity (Wildman–Crippen MR) is 79.5 cm³/mol. The largest absolute Gasteiger partial charge is 0.394 e. The summed E-state index contributed by atoms with van der Waals surface area (Å²) in [4.78, 5) is 0. The SMILES string of the molecule is CCC(CO)OC(CO)OCCC(CO)OC(OC)C(O)CO. The second kappa shape index (κ2) is 14.0. The summed E-state index contributed by atoms with van der Waals surface area (Å²) >= 11 is 0. The number of rotatable bonds is 15. The van der Waals surface area contributed by atoms with Crippen LogP contribution < -0.4 is 0 Å². The maximum Gasteiger partial charge on any atom is 0.185 e. The first-order chi connectivity index (χ1) is 11.1. The molecule has 0 aliphatic rings. The Labute approximate surface area is 136 Å². The molecule has 0 bridgehead atoms. The van der Waals surface area contributed by atoms with Crippen LogP contribution >= 0.6 is 0 Å². The lowest BCUT2D eigenvalue weighted by Gasteiger charge is -2.26. The van der Waals surface area contributed by atoms with Crippen molar-refractivity contribution in [2.24, 2.45) is 0 Å². The zero-order valence-electron chi connectivity index (χ0n) is 13.7. The molecular formula is C14H30O9. The molecule has 9 heteroatoms. The first kappa shape index (κ1) is 22.6. The quantitative estimate of drug-likeness (QED) is 0.218. The summed E-state index contributed by atoms with van der Waals surface area (Å²) < 4.78 is 20.9. The van der Waals surface area contributed by atoms with Gasteiger partial charge < -0.3 is 44.5 Å². The smallest absolute Gasteiger partial charge is 0.185 e. The topological polar surface area (TPSA) is 138 Å². The first-order valence-electron chi connectivity index (χ1n) is 7.62. The van der Waals surface area contributed by atoms with Crippen LogP contribution in [0.3, 0.4) is 0 Å². The highest BCUT2D eigenvalue weighted by Gasteiger charge is 2.23. The second-order valence-electron chi connectivity index (χ2n) is 4.92. The van der Waals surface area contributed by atoms with Crippen molar-refractivity contribution in [3.05, 3.63) is 0 Å². The van der Waals surface area contributed by atoms with Crippen molar-refractivity contribution in [3.8, 4) is 0 Å². The average molecular weight is 342 g/mol. The molecule has 5 atom stereocenters. The Balaban J connectivity index is 4.22. The highest BCUT2D eigenvalue weighted by molar-refractivity contribution is 4.63. The molecular weight excluding hydrogens is 312 g/mol. The van der Waals surface area contributed by atoms with Crippen LogP contribution in [0, 0.1) is 0 Å². The van der Waals surface area contributed by atoms with Crippen LogP contribution in [0.15, 0.2) is 0 Å². The third-order valence-corrected chi connectivity index (χ3v) is 3.16. The number of aliphatic hydroxyl groups excluding tert-OH is 5. The van der Waals surface area contributed by atoms with Gasteiger partial charge in [-0.25, -0.2) is 0 Å². The summed E-state index contributed by atoms with van der Waals surface area (Å²) in [6, 6.07) is 0. The van der Waals surface area contributed by atoms with Crippen LogP contribution in [0.25, 0.3) is 0 Å². The van der Waals surface area contributed by atoms with Gasteiger partial charge >= 0.3 is 0 Å². The minimum Gasteiger partial charge on any atom is -0.394 e. The predicted octanol–water partition coefficient (Wildman–Crippen LogP) is -1.80. The molecule has 140 valence electrons. The van der Waals surface area contributed by atoms with Gasteiger partial charge in [0.2, 0.25) is 0 Å². The van der Waals surface area contributed by atoms with Gasteiger partial charge in [0.15, 0.2) is 12.6 Å². The number of ether oxygens (including phenoxy) is 4. The lowest BCUT2D eigenvalue weighted by molar-refractivity contribution is -0.226. The van der Waals surface area contributed by atoms with E-state index in [1.807, 2.05) is 6.92 Å². The van der Waals surface area contributed by atoms with E-state index in [9.17, 15) is 15.3 Å². The summed E-state index contributed by atoms with van der Waals surface area (Å²) in [5.74, 6) is 0. The lowest BCUT2D eigenvalue weighted by atomic mass is 10.2. The van der Waals surface area contributed by atoms with Crippen LogP contribution in [-0.2, 0) is 18.9 Å². The highest BCUT2D eigenvalue weighted by Crippen LogP contribution is 2.10. The van der Waals surface area contributed by atoms with E-state index in [0.29, 0.717) is 6.42 Å². The Morgan fingerprint density at radius 1 is 0.870 bits per heavy atom. The Hall–Kier alpha value is -0.360. The molecule has 0 aromatic rings. The van der Waals surface area contributed by atoms with Crippen LogP contribution in [0.1, 0.15) is 19.8 Å². The zero-order chi connectivity index (χ0) is 17.7. The maximum absolute atomic E-state index is 9.48. The minimum atomic E-state index is -1.22. The summed E-state index contributed by atoms with van der Waals surface area (Å²) in [6.45, 7) is 0.540. The zero-order valence-corrected chi connectivity index (χ0v) is 13.7. The molecule has 0 saturated carbocycles. The number of hydrogen-bond donors (Lipinski definition) is 5. The van der Waals surface area contributed by atoms with Crippen molar-refractivity contribution in [1.82, 2.24) is 0 Å². The standard InChI is InChI=1S/C14H30O9/c1-3-10(6-15)22-13(9-18)21-5-4-11(7-16)23-14(20-2)12(19)8-17/h10-19H,3-9H2,1-2H3. The molecule has 0 rings (SSSR count). The van der Waals surface area contributed by atoms with Gasteiger partial charge in [0, 0.05) is 7.11 Å². The summed E-state index contributed by atoms with van der Waals surface area (Å²) in [5, 5.41) is 45.9. The normalized spacial score (nSPS) is 18.4. The molecule has 0 saturated heterocycles. The van der Waals surface area contributed by atoms with E-state index in [-0.39, 0.29) is 32.8 Å². The minimum absolute atomic E-state index is 0.115. The lowest BCUT2D eigenvalue weighted by Crippen LogP contribution is -2.38. The fraction of sp³-hybridized carbons (Fsp3) is 1.00. The molecule has 0 spiro atoms. The van der Waals surface area contributed by atoms with Crippen molar-refractivity contribution < 1.29 is 44.5 Å². The molecule has 0 radical (unpaired) electrons. The second-order valence-corrected chi connectivity index (χ2v) is 4.92. The van der Waals surface area contributed by atoms with E-state index < -0.39 is 37.5 Å². The van der Waals surface area contributed by atoms with Gasteiger partial charge in [-0.2, -0.15) is 0 Å². The third-order valence-electron chi connectivity index (χ3n) is 3.16. The molecule has 23 heavy (non-hydrogen) atoms. The fourth-order valence-electron chi connectivity index (χ4n) is 1.73. The van der Waals surface area contributed by atoms with Gasteiger partial charge in [0.25, 0.3) is 0 Å². The van der Waals surface area contributed by atoms with Gasteiger partial charge in [-0.05, 0) is 12.8 Å². The molecule has 0 aliphatic carbocycles. The Bertz CT molecular complexity index is 263. The van der Waals surface area contributed by atoms with E-state index in [1.165, 1.54) is 7.11 Å². The molecule has 5 N–H and O–H groups in total. The van der Waals surface area contributed by atoms with Crippen molar-refractivity contribution in [1.29, 1.82) is 0 Å². The van der Waals surface area contributed by atoms with E-state index in [0.717, 1.165) is 0 Å². The summed E-state index contributed by atoms with van der Waals surface area (Å²) in [5.41, 5.74) is 0. The van der Waals surface area contributed by atoms with Gasteiger partial charge in [-0.1, -0.05) is 6.92 Å². The highest BCUT2D eigenvalue weighted by atomic mass is 16.7. The van der Waals surface area contributed by atoms with Crippen LogP contribution in [0.4, 0.5) is 0 Å². The van der Waals surface area contributed by atoms with Crippen molar-refractivity contribution in [2.75, 3.05) is 40.1 Å². The monoisotopic (exact) mass is 342 g/mol. The van der Waals surface area contributed by atoms with Crippen LogP contribution in [0.2, 0.25) is 0 Å². The molecule has 0 amide bonds. The molecule has 0 aliphatic heterocycles. The molecule has 0 heterocycles.